The third kappa shape index (κ3) is 4.92. The van der Waals surface area contributed by atoms with Crippen LogP contribution in [0.3, 0.4) is 0 Å². The SMILES string of the molecule is C1CCN(N2CCNCC2)CC1.C1CCNC1. The normalized spacial score (nSPS) is 27.5. The van der Waals surface area contributed by atoms with Gasteiger partial charge in [0, 0.05) is 39.3 Å². The number of piperazine rings is 1. The molecule has 3 aliphatic heterocycles. The number of piperidine rings is 1. The van der Waals surface area contributed by atoms with Gasteiger partial charge >= 0.3 is 0 Å². The number of rotatable bonds is 1. The molecule has 0 aliphatic carbocycles. The van der Waals surface area contributed by atoms with E-state index in [4.69, 9.17) is 0 Å². The van der Waals surface area contributed by atoms with Crippen molar-refractivity contribution in [2.75, 3.05) is 52.4 Å². The van der Waals surface area contributed by atoms with Crippen molar-refractivity contribution < 1.29 is 0 Å². The van der Waals surface area contributed by atoms with E-state index in [2.05, 4.69) is 20.7 Å². The molecule has 3 saturated heterocycles. The summed E-state index contributed by atoms with van der Waals surface area (Å²) in [6, 6.07) is 0. The fourth-order valence-corrected chi connectivity index (χ4v) is 2.72. The standard InChI is InChI=1S/C9H19N3.C4H9N/c1-2-6-11(7-3-1)12-8-4-10-5-9-12;1-2-4-5-3-1/h10H,1-9H2;5H,1-4H2. The molecule has 0 aromatic rings. The number of hydrogen-bond donors (Lipinski definition) is 2. The van der Waals surface area contributed by atoms with Gasteiger partial charge in [0.15, 0.2) is 0 Å². The van der Waals surface area contributed by atoms with E-state index in [0.29, 0.717) is 0 Å². The summed E-state index contributed by atoms with van der Waals surface area (Å²) in [7, 11) is 0. The summed E-state index contributed by atoms with van der Waals surface area (Å²) in [5, 5.41) is 11.7. The van der Waals surface area contributed by atoms with Crippen LogP contribution in [0.25, 0.3) is 0 Å². The largest absolute Gasteiger partial charge is 0.317 e. The Labute approximate surface area is 106 Å². The number of nitrogens with one attached hydrogen (secondary N) is 2. The molecule has 0 atom stereocenters. The lowest BCUT2D eigenvalue weighted by atomic mass is 10.2. The summed E-state index contributed by atoms with van der Waals surface area (Å²) < 4.78 is 0. The molecule has 0 bridgehead atoms. The maximum atomic E-state index is 3.39. The third-order valence-corrected chi connectivity index (χ3v) is 3.78. The van der Waals surface area contributed by atoms with E-state index in [1.807, 2.05) is 0 Å². The molecule has 3 rings (SSSR count). The minimum Gasteiger partial charge on any atom is -0.317 e. The lowest BCUT2D eigenvalue weighted by Gasteiger charge is -2.39. The Hall–Kier alpha value is -0.160. The van der Waals surface area contributed by atoms with Crippen LogP contribution in [0, 0.1) is 0 Å². The summed E-state index contributed by atoms with van der Waals surface area (Å²) in [4.78, 5) is 0. The Kier molecular flexibility index (Phi) is 6.27. The van der Waals surface area contributed by atoms with Crippen molar-refractivity contribution in [1.82, 2.24) is 20.7 Å². The zero-order chi connectivity index (χ0) is 11.8. The molecule has 0 unspecified atom stereocenters. The molecule has 0 spiro atoms. The van der Waals surface area contributed by atoms with Crippen LogP contribution in [-0.2, 0) is 0 Å². The van der Waals surface area contributed by atoms with Gasteiger partial charge in [-0.25, -0.2) is 10.0 Å². The monoisotopic (exact) mass is 240 g/mol. The first-order valence-electron chi connectivity index (χ1n) is 7.38. The van der Waals surface area contributed by atoms with Crippen molar-refractivity contribution in [3.05, 3.63) is 0 Å². The number of hydrogen-bond acceptors (Lipinski definition) is 4. The fourth-order valence-electron chi connectivity index (χ4n) is 2.72. The quantitative estimate of drug-likeness (QED) is 0.705. The van der Waals surface area contributed by atoms with Crippen LogP contribution in [0.15, 0.2) is 0 Å². The molecule has 0 saturated carbocycles. The van der Waals surface area contributed by atoms with Crippen LogP contribution < -0.4 is 10.6 Å². The Morgan fingerprint density at radius 1 is 0.471 bits per heavy atom. The molecule has 3 fully saturated rings. The highest BCUT2D eigenvalue weighted by Gasteiger charge is 2.18. The van der Waals surface area contributed by atoms with Gasteiger partial charge in [0.2, 0.25) is 0 Å². The van der Waals surface area contributed by atoms with Crippen molar-refractivity contribution >= 4 is 0 Å². The molecule has 3 heterocycles. The Morgan fingerprint density at radius 2 is 1.00 bits per heavy atom. The zero-order valence-corrected chi connectivity index (χ0v) is 11.1. The molecule has 2 N–H and O–H groups in total. The van der Waals surface area contributed by atoms with Gasteiger partial charge in [-0.15, -0.1) is 0 Å². The predicted molar refractivity (Wildman–Crippen MR) is 72.0 cm³/mol. The zero-order valence-electron chi connectivity index (χ0n) is 11.1. The van der Waals surface area contributed by atoms with E-state index in [0.717, 1.165) is 13.1 Å². The highest BCUT2D eigenvalue weighted by atomic mass is 15.6. The second-order valence-electron chi connectivity index (χ2n) is 5.18. The molecule has 4 nitrogen and oxygen atoms in total. The van der Waals surface area contributed by atoms with Gasteiger partial charge in [-0.2, -0.15) is 0 Å². The smallest absolute Gasteiger partial charge is 0.0259 e. The van der Waals surface area contributed by atoms with Gasteiger partial charge in [-0.1, -0.05) is 6.42 Å². The summed E-state index contributed by atoms with van der Waals surface area (Å²) in [5.41, 5.74) is 0. The van der Waals surface area contributed by atoms with Gasteiger partial charge < -0.3 is 10.6 Å². The van der Waals surface area contributed by atoms with Crippen molar-refractivity contribution in [3.8, 4) is 0 Å². The molecular formula is C13H28N4. The summed E-state index contributed by atoms with van der Waals surface area (Å²) in [6.07, 6.45) is 7.00. The predicted octanol–water partition coefficient (Wildman–Crippen LogP) is 0.662. The van der Waals surface area contributed by atoms with Crippen molar-refractivity contribution in [1.29, 1.82) is 0 Å². The Morgan fingerprint density at radius 3 is 1.53 bits per heavy atom. The second-order valence-corrected chi connectivity index (χ2v) is 5.18. The lowest BCUT2D eigenvalue weighted by Crippen LogP contribution is -2.53. The Bertz CT molecular complexity index is 158. The van der Waals surface area contributed by atoms with Gasteiger partial charge in [0.05, 0.1) is 0 Å². The molecular weight excluding hydrogens is 212 g/mol. The molecule has 3 aliphatic rings. The van der Waals surface area contributed by atoms with E-state index >= 15 is 0 Å². The van der Waals surface area contributed by atoms with Crippen molar-refractivity contribution in [2.24, 2.45) is 0 Å². The van der Waals surface area contributed by atoms with E-state index in [1.165, 1.54) is 71.4 Å². The topological polar surface area (TPSA) is 30.5 Å². The second kappa shape index (κ2) is 8.03. The molecule has 0 radical (unpaired) electrons. The average Bonchev–Trinajstić information content (AvgIpc) is 3.00. The number of hydrazine groups is 1. The van der Waals surface area contributed by atoms with Gasteiger partial charge in [-0.3, -0.25) is 0 Å². The van der Waals surface area contributed by atoms with Crippen LogP contribution in [-0.4, -0.2) is 62.4 Å². The summed E-state index contributed by atoms with van der Waals surface area (Å²) >= 11 is 0. The van der Waals surface area contributed by atoms with Crippen LogP contribution in [0.4, 0.5) is 0 Å². The molecule has 0 aromatic carbocycles. The van der Waals surface area contributed by atoms with Crippen LogP contribution in [0.2, 0.25) is 0 Å². The van der Waals surface area contributed by atoms with Gasteiger partial charge in [0.1, 0.15) is 0 Å². The summed E-state index contributed by atoms with van der Waals surface area (Å²) in [5.74, 6) is 0. The fraction of sp³-hybridized carbons (Fsp3) is 1.00. The van der Waals surface area contributed by atoms with Crippen LogP contribution in [0.5, 0.6) is 0 Å². The Balaban J connectivity index is 0.000000181. The van der Waals surface area contributed by atoms with E-state index in [9.17, 15) is 0 Å². The maximum absolute atomic E-state index is 3.39. The van der Waals surface area contributed by atoms with E-state index in [1.54, 1.807) is 0 Å². The first-order valence-corrected chi connectivity index (χ1v) is 7.38. The summed E-state index contributed by atoms with van der Waals surface area (Å²) in [6.45, 7) is 9.83. The van der Waals surface area contributed by atoms with E-state index < -0.39 is 0 Å². The average molecular weight is 240 g/mol. The third-order valence-electron chi connectivity index (χ3n) is 3.78. The maximum Gasteiger partial charge on any atom is 0.0259 e. The number of nitrogens with zero attached hydrogens (tertiary/aromatic N) is 2. The minimum atomic E-state index is 1.16. The first-order chi connectivity index (χ1) is 8.47. The van der Waals surface area contributed by atoms with E-state index in [-0.39, 0.29) is 0 Å². The molecule has 0 aromatic heterocycles. The van der Waals surface area contributed by atoms with Crippen LogP contribution in [0.1, 0.15) is 32.1 Å². The molecule has 100 valence electrons. The van der Waals surface area contributed by atoms with Crippen molar-refractivity contribution in [2.45, 2.75) is 32.1 Å². The minimum absolute atomic E-state index is 1.16. The molecule has 0 amide bonds. The lowest BCUT2D eigenvalue weighted by molar-refractivity contribution is -0.0468. The highest BCUT2D eigenvalue weighted by Crippen LogP contribution is 2.11. The van der Waals surface area contributed by atoms with Crippen molar-refractivity contribution in [3.63, 3.8) is 0 Å². The first kappa shape index (κ1) is 13.3. The molecule has 4 heteroatoms. The van der Waals surface area contributed by atoms with Crippen LogP contribution >= 0.6 is 0 Å². The highest BCUT2D eigenvalue weighted by molar-refractivity contribution is 4.69. The molecule has 17 heavy (non-hydrogen) atoms. The van der Waals surface area contributed by atoms with Gasteiger partial charge in [0.25, 0.3) is 0 Å². The van der Waals surface area contributed by atoms with Gasteiger partial charge in [-0.05, 0) is 38.8 Å².